The number of benzene rings is 1. The third kappa shape index (κ3) is 7.30. The molecule has 4 heterocycles. The highest BCUT2D eigenvalue weighted by Crippen LogP contribution is 2.45. The number of hydrogen-bond donors (Lipinski definition) is 3. The van der Waals surface area contributed by atoms with Crippen molar-refractivity contribution in [3.05, 3.63) is 29.8 Å². The van der Waals surface area contributed by atoms with Crippen molar-refractivity contribution < 1.29 is 38.1 Å². The minimum absolute atomic E-state index is 0.0302. The van der Waals surface area contributed by atoms with Crippen molar-refractivity contribution >= 4 is 28.9 Å². The molecule has 1 aromatic carbocycles. The lowest BCUT2D eigenvalue weighted by molar-refractivity contribution is -0.149. The van der Waals surface area contributed by atoms with E-state index in [1.54, 1.807) is 0 Å². The Morgan fingerprint density at radius 2 is 1.82 bits per heavy atom. The van der Waals surface area contributed by atoms with E-state index < -0.39 is 48.4 Å². The molecule has 3 aliphatic heterocycles. The van der Waals surface area contributed by atoms with Gasteiger partial charge < -0.3 is 34.9 Å². The summed E-state index contributed by atoms with van der Waals surface area (Å²) in [4.78, 5) is 46.4. The Morgan fingerprint density at radius 1 is 1.04 bits per heavy atom. The molecule has 1 unspecified atom stereocenters. The number of carboxylic acid groups (broad SMARTS) is 1. The number of aromatic nitrogens is 1. The molecule has 11 nitrogen and oxygen atoms in total. The van der Waals surface area contributed by atoms with Crippen LogP contribution in [0.4, 0.5) is 9.18 Å². The summed E-state index contributed by atoms with van der Waals surface area (Å²) in [5.41, 5.74) is 1.38. The van der Waals surface area contributed by atoms with Gasteiger partial charge in [-0.2, -0.15) is 0 Å². The van der Waals surface area contributed by atoms with Gasteiger partial charge in [0, 0.05) is 24.3 Å². The molecule has 2 aliphatic carbocycles. The molecule has 49 heavy (non-hydrogen) atoms. The van der Waals surface area contributed by atoms with Crippen LogP contribution in [0.1, 0.15) is 83.1 Å². The van der Waals surface area contributed by atoms with Crippen molar-refractivity contribution in [2.24, 2.45) is 17.8 Å². The molecule has 1 aromatic heterocycles. The first-order chi connectivity index (χ1) is 23.8. The van der Waals surface area contributed by atoms with E-state index in [0.29, 0.717) is 36.5 Å². The summed E-state index contributed by atoms with van der Waals surface area (Å²) in [7, 11) is 0. The highest BCUT2D eigenvalue weighted by molar-refractivity contribution is 5.90. The lowest BCUT2D eigenvalue weighted by Crippen LogP contribution is -2.55. The summed E-state index contributed by atoms with van der Waals surface area (Å²) in [6.07, 6.45) is 6.00. The van der Waals surface area contributed by atoms with Gasteiger partial charge in [0.05, 0.1) is 17.6 Å². The van der Waals surface area contributed by atoms with Gasteiger partial charge in [-0.15, -0.1) is 0 Å². The molecular formula is C37H49FN4O7. The molecule has 0 spiro atoms. The molecule has 2 saturated heterocycles. The number of ether oxygens (including phenoxy) is 3. The molecule has 7 rings (SSSR count). The van der Waals surface area contributed by atoms with Gasteiger partial charge in [-0.3, -0.25) is 4.79 Å². The average molecular weight is 681 g/mol. The zero-order chi connectivity index (χ0) is 34.1. The quantitative estimate of drug-likeness (QED) is 0.399. The van der Waals surface area contributed by atoms with E-state index in [2.05, 4.69) is 17.6 Å². The number of piperidine rings is 1. The molecule has 2 amide bonds. The van der Waals surface area contributed by atoms with Crippen LogP contribution in [0.2, 0.25) is 0 Å². The van der Waals surface area contributed by atoms with Crippen LogP contribution in [0.3, 0.4) is 0 Å². The smallest absolute Gasteiger partial charge is 0.408 e. The number of carbonyl (C=O) groups is 3. The molecule has 2 saturated carbocycles. The predicted molar refractivity (Wildman–Crippen MR) is 179 cm³/mol. The van der Waals surface area contributed by atoms with Crippen molar-refractivity contribution in [2.75, 3.05) is 19.6 Å². The van der Waals surface area contributed by atoms with E-state index in [1.807, 2.05) is 24.3 Å². The Labute approximate surface area is 286 Å². The zero-order valence-corrected chi connectivity index (χ0v) is 28.3. The van der Waals surface area contributed by atoms with Gasteiger partial charge in [-0.1, -0.05) is 51.2 Å². The van der Waals surface area contributed by atoms with Crippen molar-refractivity contribution in [1.82, 2.24) is 20.5 Å². The summed E-state index contributed by atoms with van der Waals surface area (Å²) in [6.45, 7) is 3.00. The van der Waals surface area contributed by atoms with Gasteiger partial charge in [-0.25, -0.2) is 19.0 Å². The molecule has 5 aliphatic rings. The fraction of sp³-hybridized carbons (Fsp3) is 0.676. The number of nitrogens with zero attached hydrogens (tertiary/aromatic N) is 2. The van der Waals surface area contributed by atoms with E-state index in [1.165, 1.54) is 4.90 Å². The molecule has 12 heteroatoms. The molecule has 8 atom stereocenters. The number of alkyl halides is 1. The number of fused-ring (bicyclic) bond motifs is 5. The van der Waals surface area contributed by atoms with Crippen molar-refractivity contribution in [3.63, 3.8) is 0 Å². The Bertz CT molecular complexity index is 1540. The van der Waals surface area contributed by atoms with Gasteiger partial charge in [0.2, 0.25) is 11.8 Å². The number of carboxylic acids is 1. The third-order valence-electron chi connectivity index (χ3n) is 11.5. The van der Waals surface area contributed by atoms with E-state index in [0.717, 1.165) is 68.7 Å². The van der Waals surface area contributed by atoms with Crippen LogP contribution in [0.25, 0.3) is 10.9 Å². The first-order valence-corrected chi connectivity index (χ1v) is 18.4. The van der Waals surface area contributed by atoms with Crippen molar-refractivity contribution in [2.45, 2.75) is 121 Å². The fourth-order valence-electron chi connectivity index (χ4n) is 8.55. The Balaban J connectivity index is 1.24. The van der Waals surface area contributed by atoms with Crippen LogP contribution in [0.5, 0.6) is 11.6 Å². The highest BCUT2D eigenvalue weighted by Gasteiger charge is 2.50. The Morgan fingerprint density at radius 3 is 2.61 bits per heavy atom. The minimum atomic E-state index is -1.17. The number of hydrogen-bond acceptors (Lipinski definition) is 8. The van der Waals surface area contributed by atoms with Gasteiger partial charge in [0.15, 0.2) is 0 Å². The van der Waals surface area contributed by atoms with Crippen LogP contribution >= 0.6 is 0 Å². The maximum Gasteiger partial charge on any atom is 0.408 e. The summed E-state index contributed by atoms with van der Waals surface area (Å²) in [5, 5.41) is 17.1. The maximum absolute atomic E-state index is 15.1. The highest BCUT2D eigenvalue weighted by atomic mass is 19.1. The third-order valence-corrected chi connectivity index (χ3v) is 11.5. The second-order valence-electron chi connectivity index (χ2n) is 14.7. The summed E-state index contributed by atoms with van der Waals surface area (Å²) >= 11 is 0. The number of para-hydroxylation sites is 1. The summed E-state index contributed by atoms with van der Waals surface area (Å²) in [5.74, 6) is -0.260. The standard InChI is InChI=1S/C37H49FN4O7/c1-21-24-12-6-3-7-14-26-33(48-30-16-17-39-19-27(30)38)25-13-8-9-15-28(25)40-34(26)47-23-18-29(36(44)45)42(20-23)35(43)31(22-10-4-2-5-11-22)41-37(46)49-32(21)24/h8-9,13,15,21-24,27,29-32,39H,2-7,10-12,14,16-20H2,1H3,(H,41,46)(H,44,45)/t21?,23-,24-,27-,29+,30+,31+,32-/m1/s1. The molecule has 2 bridgehead atoms. The number of amides is 2. The SMILES string of the molecule is CC1[C@H]2CCCCCc3c(nc4ccccc4c3O[C@H]3CCNC[C@H]3F)O[C@@H]3C[C@@H](C(=O)O)N(C3)C(=O)[C@H](C3CCCCC3)NC(=O)O[C@H]12. The Hall–Kier alpha value is -3.67. The number of aliphatic carboxylic acids is 1. The van der Waals surface area contributed by atoms with Crippen LogP contribution < -0.4 is 20.1 Å². The lowest BCUT2D eigenvalue weighted by atomic mass is 9.83. The van der Waals surface area contributed by atoms with Crippen LogP contribution in [-0.2, 0) is 20.7 Å². The number of halogens is 1. The van der Waals surface area contributed by atoms with E-state index in [-0.39, 0.29) is 43.4 Å². The minimum Gasteiger partial charge on any atom is -0.486 e. The first-order valence-electron chi connectivity index (χ1n) is 18.4. The average Bonchev–Trinajstić information content (AvgIpc) is 3.48. The lowest BCUT2D eigenvalue weighted by Gasteiger charge is -2.33. The van der Waals surface area contributed by atoms with Gasteiger partial charge in [-0.05, 0) is 69.0 Å². The van der Waals surface area contributed by atoms with E-state index in [9.17, 15) is 19.5 Å². The molecule has 2 aromatic rings. The molecule has 4 fully saturated rings. The fourth-order valence-corrected chi connectivity index (χ4v) is 8.55. The van der Waals surface area contributed by atoms with Gasteiger partial charge in [0.25, 0.3) is 0 Å². The predicted octanol–water partition coefficient (Wildman–Crippen LogP) is 5.17. The summed E-state index contributed by atoms with van der Waals surface area (Å²) in [6, 6.07) is 5.58. The molecule has 266 valence electrons. The number of pyridine rings is 1. The number of rotatable bonds is 4. The van der Waals surface area contributed by atoms with Gasteiger partial charge in [0.1, 0.15) is 42.3 Å². The number of carbonyl (C=O) groups excluding carboxylic acids is 2. The van der Waals surface area contributed by atoms with E-state index >= 15 is 4.39 Å². The monoisotopic (exact) mass is 680 g/mol. The number of alkyl carbamates (subject to hydrolysis) is 1. The second-order valence-corrected chi connectivity index (χ2v) is 14.7. The van der Waals surface area contributed by atoms with E-state index in [4.69, 9.17) is 19.2 Å². The topological polar surface area (TPSA) is 139 Å². The van der Waals surface area contributed by atoms with Crippen LogP contribution in [0, 0.1) is 17.8 Å². The normalized spacial score (nSPS) is 33.2. The number of nitrogens with one attached hydrogen (secondary N) is 2. The van der Waals surface area contributed by atoms with Crippen molar-refractivity contribution in [3.8, 4) is 11.6 Å². The first kappa shape index (κ1) is 33.8. The zero-order valence-electron chi connectivity index (χ0n) is 28.3. The second kappa shape index (κ2) is 14.7. The van der Waals surface area contributed by atoms with Crippen LogP contribution in [-0.4, -0.2) is 89.2 Å². The molecule has 3 N–H and O–H groups in total. The van der Waals surface area contributed by atoms with Crippen molar-refractivity contribution in [1.29, 1.82) is 0 Å². The van der Waals surface area contributed by atoms with Crippen LogP contribution in [0.15, 0.2) is 24.3 Å². The molecular weight excluding hydrogens is 631 g/mol. The Kier molecular flexibility index (Phi) is 10.1. The summed E-state index contributed by atoms with van der Waals surface area (Å²) < 4.78 is 34.1. The van der Waals surface area contributed by atoms with Gasteiger partial charge >= 0.3 is 12.1 Å². The largest absolute Gasteiger partial charge is 0.486 e. The molecule has 0 radical (unpaired) electrons. The maximum atomic E-state index is 15.1.